The first-order valence-electron chi connectivity index (χ1n) is 11.9. The van der Waals surface area contributed by atoms with E-state index in [2.05, 4.69) is 15.0 Å². The number of aliphatic imine (C=N–C) groups is 1. The summed E-state index contributed by atoms with van der Waals surface area (Å²) in [4.78, 5) is 31.3. The minimum atomic E-state index is -4.76. The molecule has 0 saturated carbocycles. The maximum Gasteiger partial charge on any atom is 0.573 e. The van der Waals surface area contributed by atoms with Gasteiger partial charge in [-0.25, -0.2) is 0 Å². The highest BCUT2D eigenvalue weighted by Gasteiger charge is 2.31. The summed E-state index contributed by atoms with van der Waals surface area (Å²) < 4.78 is 47.0. The molecule has 0 unspecified atom stereocenters. The van der Waals surface area contributed by atoms with Crippen LogP contribution >= 0.6 is 0 Å². The van der Waals surface area contributed by atoms with Gasteiger partial charge in [-0.2, -0.15) is 0 Å². The Bertz CT molecular complexity index is 1150. The number of halogens is 3. The molecule has 0 atom stereocenters. The molecule has 0 aliphatic carbocycles. The Labute approximate surface area is 214 Å². The van der Waals surface area contributed by atoms with Crippen LogP contribution in [0, 0.1) is 0 Å². The maximum absolute atomic E-state index is 12.7. The van der Waals surface area contributed by atoms with Gasteiger partial charge in [-0.3, -0.25) is 14.6 Å². The molecule has 1 saturated heterocycles. The lowest BCUT2D eigenvalue weighted by Gasteiger charge is -2.32. The molecule has 1 N–H and O–H groups in total. The number of amides is 2. The van der Waals surface area contributed by atoms with E-state index in [9.17, 15) is 22.8 Å². The van der Waals surface area contributed by atoms with Crippen LogP contribution in [0.4, 0.5) is 13.2 Å². The number of piperidine rings is 1. The first kappa shape index (κ1) is 27.8. The van der Waals surface area contributed by atoms with Crippen molar-refractivity contribution >= 4 is 23.7 Å². The van der Waals surface area contributed by atoms with Crippen LogP contribution in [0.15, 0.2) is 53.5 Å². The van der Waals surface area contributed by atoms with E-state index in [1.54, 1.807) is 30.3 Å². The van der Waals surface area contributed by atoms with E-state index in [0.29, 0.717) is 42.8 Å². The molecule has 37 heavy (non-hydrogen) atoms. The number of alkyl halides is 3. The molecule has 2 aromatic carbocycles. The minimum absolute atomic E-state index is 0.0770. The van der Waals surface area contributed by atoms with Crippen LogP contribution in [0.25, 0.3) is 5.70 Å². The highest BCUT2D eigenvalue weighted by Crippen LogP contribution is 2.28. The van der Waals surface area contributed by atoms with Crippen molar-refractivity contribution in [2.24, 2.45) is 4.99 Å². The Morgan fingerprint density at radius 2 is 1.78 bits per heavy atom. The van der Waals surface area contributed by atoms with Crippen LogP contribution in [-0.4, -0.2) is 55.5 Å². The van der Waals surface area contributed by atoms with Crippen molar-refractivity contribution in [2.75, 3.05) is 20.1 Å². The second-order valence-corrected chi connectivity index (χ2v) is 8.42. The van der Waals surface area contributed by atoms with Crippen LogP contribution in [0.5, 0.6) is 11.5 Å². The van der Waals surface area contributed by atoms with Crippen LogP contribution < -0.4 is 14.8 Å². The van der Waals surface area contributed by atoms with Gasteiger partial charge < -0.3 is 19.7 Å². The van der Waals surface area contributed by atoms with Gasteiger partial charge in [0.15, 0.2) is 0 Å². The number of carbonyl (C=O) groups is 2. The quantitative estimate of drug-likeness (QED) is 0.500. The van der Waals surface area contributed by atoms with Gasteiger partial charge in [-0.05, 0) is 49.7 Å². The number of nitrogens with zero attached hydrogens (tertiary/aromatic N) is 2. The minimum Gasteiger partial charge on any atom is -0.489 e. The van der Waals surface area contributed by atoms with Gasteiger partial charge in [-0.1, -0.05) is 18.2 Å². The summed E-state index contributed by atoms with van der Waals surface area (Å²) in [6.45, 7) is 4.64. The van der Waals surface area contributed by atoms with Crippen molar-refractivity contribution in [3.8, 4) is 11.5 Å². The predicted molar refractivity (Wildman–Crippen MR) is 135 cm³/mol. The highest BCUT2D eigenvalue weighted by molar-refractivity contribution is 5.97. The van der Waals surface area contributed by atoms with E-state index in [4.69, 9.17) is 4.74 Å². The summed E-state index contributed by atoms with van der Waals surface area (Å²) >= 11 is 0. The van der Waals surface area contributed by atoms with Crippen LogP contribution in [-0.2, 0) is 11.2 Å². The normalized spacial score (nSPS) is 15.1. The summed E-state index contributed by atoms with van der Waals surface area (Å²) in [5, 5.41) is 2.64. The molecular weight excluding hydrogens is 487 g/mol. The largest absolute Gasteiger partial charge is 0.573 e. The fourth-order valence-electron chi connectivity index (χ4n) is 4.06. The monoisotopic (exact) mass is 517 g/mol. The van der Waals surface area contributed by atoms with Crippen LogP contribution in [0.1, 0.15) is 48.2 Å². The Hall–Kier alpha value is -3.82. The number of ether oxygens (including phenoxy) is 2. The molecule has 1 aliphatic rings. The molecule has 0 spiro atoms. The number of rotatable bonds is 8. The summed E-state index contributed by atoms with van der Waals surface area (Å²) in [5.74, 6) is -0.253. The lowest BCUT2D eigenvalue weighted by Crippen LogP contribution is -2.42. The van der Waals surface area contributed by atoms with E-state index in [1.807, 2.05) is 26.0 Å². The van der Waals surface area contributed by atoms with Gasteiger partial charge in [0.25, 0.3) is 5.91 Å². The maximum atomic E-state index is 12.7. The van der Waals surface area contributed by atoms with Gasteiger partial charge in [0.05, 0.1) is 17.7 Å². The number of hydrogen-bond donors (Lipinski definition) is 1. The molecule has 10 heteroatoms. The first-order chi connectivity index (χ1) is 17.6. The van der Waals surface area contributed by atoms with Gasteiger partial charge in [0.1, 0.15) is 17.6 Å². The molecular formula is C27H30F3N3O4. The Morgan fingerprint density at radius 3 is 2.35 bits per heavy atom. The lowest BCUT2D eigenvalue weighted by atomic mass is 10.0. The molecule has 7 nitrogen and oxygen atoms in total. The van der Waals surface area contributed by atoms with E-state index in [-0.39, 0.29) is 30.1 Å². The lowest BCUT2D eigenvalue weighted by molar-refractivity contribution is -0.274. The van der Waals surface area contributed by atoms with Crippen molar-refractivity contribution in [2.45, 2.75) is 45.6 Å². The number of nitrogens with one attached hydrogen (secondary N) is 1. The summed E-state index contributed by atoms with van der Waals surface area (Å²) in [6.07, 6.45) is -0.142. The zero-order chi connectivity index (χ0) is 27.0. The molecule has 0 bridgehead atoms. The molecule has 1 fully saturated rings. The van der Waals surface area contributed by atoms with Crippen molar-refractivity contribution in [3.05, 3.63) is 65.2 Å². The van der Waals surface area contributed by atoms with Crippen LogP contribution in [0.3, 0.4) is 0 Å². The number of hydrogen-bond acceptors (Lipinski definition) is 5. The summed E-state index contributed by atoms with van der Waals surface area (Å²) in [6, 6.07) is 10.7. The number of carbonyl (C=O) groups excluding carboxylic acids is 2. The summed E-state index contributed by atoms with van der Waals surface area (Å²) in [5.41, 5.74) is 2.54. The summed E-state index contributed by atoms with van der Waals surface area (Å²) in [7, 11) is 1.56. The Kier molecular flexibility index (Phi) is 9.32. The Morgan fingerprint density at radius 1 is 1.11 bits per heavy atom. The van der Waals surface area contributed by atoms with E-state index >= 15 is 0 Å². The van der Waals surface area contributed by atoms with Gasteiger partial charge in [0, 0.05) is 44.8 Å². The van der Waals surface area contributed by atoms with Gasteiger partial charge in [-0.15, -0.1) is 13.2 Å². The molecule has 1 heterocycles. The molecule has 0 aromatic heterocycles. The fourth-order valence-corrected chi connectivity index (χ4v) is 4.06. The zero-order valence-electron chi connectivity index (χ0n) is 21.0. The smallest absolute Gasteiger partial charge is 0.489 e. The topological polar surface area (TPSA) is 80.2 Å². The van der Waals surface area contributed by atoms with Crippen molar-refractivity contribution in [1.29, 1.82) is 0 Å². The Balaban J connectivity index is 1.60. The highest BCUT2D eigenvalue weighted by atomic mass is 19.4. The molecule has 2 aromatic rings. The molecule has 2 amide bonds. The molecule has 3 rings (SSSR count). The zero-order valence-corrected chi connectivity index (χ0v) is 21.0. The third kappa shape index (κ3) is 7.83. The van der Waals surface area contributed by atoms with Gasteiger partial charge >= 0.3 is 6.36 Å². The second-order valence-electron chi connectivity index (χ2n) is 8.42. The van der Waals surface area contributed by atoms with Gasteiger partial charge in [0.2, 0.25) is 5.91 Å². The number of allylic oxidation sites excluding steroid dienone is 1. The fraction of sp³-hybridized carbons (Fsp3) is 0.370. The number of likely N-dealkylation sites (tertiary alicyclic amines) is 1. The third-order valence-corrected chi connectivity index (χ3v) is 5.89. The standard InChI is InChI=1S/C27H30F3N3O4/c1-4-23(32-5-2)19-8-11-24(22(17-19)26(35)31-3)36-20-12-14-33(15-13-20)25(34)16-18-6-9-21(10-7-18)37-27(28,29)30/h4-11,17,20H,12-16H2,1-3H3,(H,31,35)/b23-4-,32-5?. The van der Waals surface area contributed by atoms with E-state index < -0.39 is 6.36 Å². The van der Waals surface area contributed by atoms with E-state index in [1.165, 1.54) is 24.3 Å². The molecule has 1 aliphatic heterocycles. The average Bonchev–Trinajstić information content (AvgIpc) is 2.88. The number of benzene rings is 2. The van der Waals surface area contributed by atoms with Crippen molar-refractivity contribution < 1.29 is 32.2 Å². The van der Waals surface area contributed by atoms with Crippen LogP contribution in [0.2, 0.25) is 0 Å². The SMILES string of the molecule is CC=N/C(=C\C)c1ccc(OC2CCN(C(=O)Cc3ccc(OC(F)(F)F)cc3)CC2)c(C(=O)NC)c1. The third-order valence-electron chi connectivity index (χ3n) is 5.89. The second kappa shape index (κ2) is 12.4. The van der Waals surface area contributed by atoms with Crippen molar-refractivity contribution in [3.63, 3.8) is 0 Å². The molecule has 0 radical (unpaired) electrons. The average molecular weight is 518 g/mol. The van der Waals surface area contributed by atoms with E-state index in [0.717, 1.165) is 11.3 Å². The van der Waals surface area contributed by atoms with Crippen molar-refractivity contribution in [1.82, 2.24) is 10.2 Å². The first-order valence-corrected chi connectivity index (χ1v) is 11.9. The predicted octanol–water partition coefficient (Wildman–Crippen LogP) is 5.01. The molecule has 198 valence electrons.